The van der Waals surface area contributed by atoms with Crippen LogP contribution >= 0.6 is 0 Å². The maximum absolute atomic E-state index is 14.5. The number of hydrogen-bond acceptors (Lipinski definition) is 0. The molecule has 2 aliphatic rings. The van der Waals surface area contributed by atoms with Crippen molar-refractivity contribution in [2.45, 2.75) is 64.2 Å². The van der Waals surface area contributed by atoms with E-state index >= 15 is 0 Å². The Balaban J connectivity index is 1.56. The predicted molar refractivity (Wildman–Crippen MR) is 99.6 cm³/mol. The average Bonchev–Trinajstić information content (AvgIpc) is 2.60. The third-order valence-corrected chi connectivity index (χ3v) is 6.83. The lowest BCUT2D eigenvalue weighted by Crippen LogP contribution is -2.30. The summed E-state index contributed by atoms with van der Waals surface area (Å²) in [6.07, 6.45) is 9.93. The highest BCUT2D eigenvalue weighted by Gasteiger charge is 2.35. The standard InChI is InChI=1S/C23H27F3/c1-2-3-14-4-5-16-9-17(7-6-15(16)8-14)18-10-19-11-20(24)13-22(26)23(19)21(25)12-18/h10-17H,2-9H2,1H3. The molecule has 3 heteroatoms. The zero-order valence-electron chi connectivity index (χ0n) is 15.4. The molecular weight excluding hydrogens is 333 g/mol. The summed E-state index contributed by atoms with van der Waals surface area (Å²) in [6.45, 7) is 2.27. The van der Waals surface area contributed by atoms with Gasteiger partial charge in [0, 0.05) is 6.07 Å². The summed E-state index contributed by atoms with van der Waals surface area (Å²) >= 11 is 0. The molecule has 0 heterocycles. The van der Waals surface area contributed by atoms with E-state index in [-0.39, 0.29) is 5.39 Å². The largest absolute Gasteiger partial charge is 0.207 e. The molecule has 0 bridgehead atoms. The van der Waals surface area contributed by atoms with E-state index in [1.165, 1.54) is 50.7 Å². The molecule has 0 saturated heterocycles. The summed E-state index contributed by atoms with van der Waals surface area (Å²) in [6, 6.07) is 5.28. The highest BCUT2D eigenvalue weighted by molar-refractivity contribution is 5.84. The van der Waals surface area contributed by atoms with Gasteiger partial charge in [0.2, 0.25) is 0 Å². The summed E-state index contributed by atoms with van der Waals surface area (Å²) in [4.78, 5) is 0. The molecule has 2 saturated carbocycles. The van der Waals surface area contributed by atoms with Crippen molar-refractivity contribution < 1.29 is 13.2 Å². The molecule has 4 atom stereocenters. The maximum atomic E-state index is 14.5. The number of halogens is 3. The molecule has 0 N–H and O–H groups in total. The van der Waals surface area contributed by atoms with Crippen molar-refractivity contribution in [3.63, 3.8) is 0 Å². The van der Waals surface area contributed by atoms with E-state index < -0.39 is 17.5 Å². The molecule has 2 aromatic carbocycles. The Kier molecular flexibility index (Phi) is 4.98. The van der Waals surface area contributed by atoms with Gasteiger partial charge in [-0.3, -0.25) is 0 Å². The SMILES string of the molecule is CCCC1CCC2CC(c3cc(F)c4c(F)cc(F)cc4c3)CCC2C1. The van der Waals surface area contributed by atoms with Gasteiger partial charge in [-0.05, 0) is 78.9 Å². The summed E-state index contributed by atoms with van der Waals surface area (Å²) in [5.74, 6) is 0.711. The quantitative estimate of drug-likeness (QED) is 0.536. The van der Waals surface area contributed by atoms with E-state index in [4.69, 9.17) is 0 Å². The molecule has 2 aromatic rings. The Bertz CT molecular complexity index is 798. The predicted octanol–water partition coefficient (Wildman–Crippen LogP) is 7.36. The fourth-order valence-corrected chi connectivity index (χ4v) is 5.59. The number of benzene rings is 2. The van der Waals surface area contributed by atoms with Gasteiger partial charge < -0.3 is 0 Å². The van der Waals surface area contributed by atoms with E-state index in [1.54, 1.807) is 6.07 Å². The minimum atomic E-state index is -0.818. The van der Waals surface area contributed by atoms with Crippen LogP contribution in [-0.4, -0.2) is 0 Å². The molecule has 140 valence electrons. The molecule has 0 radical (unpaired) electrons. The van der Waals surface area contributed by atoms with E-state index in [2.05, 4.69) is 6.92 Å². The lowest BCUT2D eigenvalue weighted by molar-refractivity contribution is 0.114. The van der Waals surface area contributed by atoms with Gasteiger partial charge in [0.25, 0.3) is 0 Å². The molecule has 0 amide bonds. The van der Waals surface area contributed by atoms with Crippen LogP contribution in [0.4, 0.5) is 13.2 Å². The Morgan fingerprint density at radius 1 is 0.846 bits per heavy atom. The Labute approximate surface area is 153 Å². The van der Waals surface area contributed by atoms with Crippen molar-refractivity contribution in [2.75, 3.05) is 0 Å². The fourth-order valence-electron chi connectivity index (χ4n) is 5.59. The van der Waals surface area contributed by atoms with Crippen LogP contribution in [-0.2, 0) is 0 Å². The highest BCUT2D eigenvalue weighted by atomic mass is 19.1. The van der Waals surface area contributed by atoms with E-state index in [9.17, 15) is 13.2 Å². The van der Waals surface area contributed by atoms with Crippen molar-refractivity contribution in [2.24, 2.45) is 17.8 Å². The van der Waals surface area contributed by atoms with Gasteiger partial charge in [-0.2, -0.15) is 0 Å². The minimum Gasteiger partial charge on any atom is -0.207 e. The first kappa shape index (κ1) is 17.9. The van der Waals surface area contributed by atoms with Crippen molar-refractivity contribution in [3.8, 4) is 0 Å². The molecule has 0 aliphatic heterocycles. The molecule has 2 fully saturated rings. The summed E-state index contributed by atoms with van der Waals surface area (Å²) in [5.41, 5.74) is 0.911. The van der Waals surface area contributed by atoms with Crippen LogP contribution in [0.15, 0.2) is 24.3 Å². The Hall–Kier alpha value is -1.51. The molecule has 4 unspecified atom stereocenters. The van der Waals surface area contributed by atoms with Gasteiger partial charge in [0.05, 0.1) is 5.39 Å². The molecule has 0 nitrogen and oxygen atoms in total. The van der Waals surface area contributed by atoms with Gasteiger partial charge in [0.1, 0.15) is 17.5 Å². The summed E-state index contributed by atoms with van der Waals surface area (Å²) in [7, 11) is 0. The number of fused-ring (bicyclic) bond motifs is 2. The second-order valence-corrected chi connectivity index (χ2v) is 8.49. The van der Waals surface area contributed by atoms with E-state index in [1.807, 2.05) is 0 Å². The number of hydrogen-bond donors (Lipinski definition) is 0. The van der Waals surface area contributed by atoms with Gasteiger partial charge in [0.15, 0.2) is 0 Å². The van der Waals surface area contributed by atoms with Crippen molar-refractivity contribution in [3.05, 3.63) is 47.3 Å². The highest BCUT2D eigenvalue weighted by Crippen LogP contribution is 2.48. The lowest BCUT2D eigenvalue weighted by atomic mass is 9.63. The Morgan fingerprint density at radius 2 is 1.58 bits per heavy atom. The van der Waals surface area contributed by atoms with Gasteiger partial charge in [-0.25, -0.2) is 13.2 Å². The van der Waals surface area contributed by atoms with Crippen molar-refractivity contribution in [1.29, 1.82) is 0 Å². The molecular formula is C23H27F3. The normalized spacial score (nSPS) is 28.9. The number of rotatable bonds is 3. The van der Waals surface area contributed by atoms with Crippen LogP contribution < -0.4 is 0 Å². The van der Waals surface area contributed by atoms with Crippen LogP contribution in [0.1, 0.15) is 69.8 Å². The van der Waals surface area contributed by atoms with Crippen LogP contribution in [0.25, 0.3) is 10.8 Å². The first-order chi connectivity index (χ1) is 12.5. The topological polar surface area (TPSA) is 0 Å². The molecule has 4 rings (SSSR count). The van der Waals surface area contributed by atoms with Gasteiger partial charge >= 0.3 is 0 Å². The van der Waals surface area contributed by atoms with Crippen LogP contribution in [0.3, 0.4) is 0 Å². The summed E-state index contributed by atoms with van der Waals surface area (Å²) in [5, 5.41) is 0.246. The van der Waals surface area contributed by atoms with Gasteiger partial charge in [-0.1, -0.05) is 32.3 Å². The zero-order valence-corrected chi connectivity index (χ0v) is 15.4. The molecule has 0 aromatic heterocycles. The zero-order chi connectivity index (χ0) is 18.3. The smallest absolute Gasteiger partial charge is 0.136 e. The molecule has 2 aliphatic carbocycles. The minimum absolute atomic E-state index is 0.0936. The second kappa shape index (κ2) is 7.25. The lowest BCUT2D eigenvalue weighted by Gasteiger charge is -2.42. The maximum Gasteiger partial charge on any atom is 0.136 e. The third-order valence-electron chi connectivity index (χ3n) is 6.83. The third kappa shape index (κ3) is 3.37. The first-order valence-corrected chi connectivity index (χ1v) is 10.1. The Morgan fingerprint density at radius 3 is 2.38 bits per heavy atom. The average molecular weight is 360 g/mol. The first-order valence-electron chi connectivity index (χ1n) is 10.1. The molecule has 0 spiro atoms. The van der Waals surface area contributed by atoms with Gasteiger partial charge in [-0.15, -0.1) is 0 Å². The van der Waals surface area contributed by atoms with Crippen LogP contribution in [0.2, 0.25) is 0 Å². The fraction of sp³-hybridized carbons (Fsp3) is 0.565. The second-order valence-electron chi connectivity index (χ2n) is 8.49. The van der Waals surface area contributed by atoms with Crippen molar-refractivity contribution in [1.82, 2.24) is 0 Å². The van der Waals surface area contributed by atoms with E-state index in [0.29, 0.717) is 11.3 Å². The monoisotopic (exact) mass is 360 g/mol. The molecule has 26 heavy (non-hydrogen) atoms. The van der Waals surface area contributed by atoms with Crippen LogP contribution in [0, 0.1) is 35.2 Å². The van der Waals surface area contributed by atoms with Crippen LogP contribution in [0.5, 0.6) is 0 Å². The summed E-state index contributed by atoms with van der Waals surface area (Å²) < 4.78 is 42.0. The van der Waals surface area contributed by atoms with E-state index in [0.717, 1.165) is 42.2 Å². The van der Waals surface area contributed by atoms with Crippen molar-refractivity contribution >= 4 is 10.8 Å².